The number of aliphatic hydroxyl groups is 1. The first-order chi connectivity index (χ1) is 10.3. The van der Waals surface area contributed by atoms with Crippen LogP contribution in [0.25, 0.3) is 0 Å². The highest BCUT2D eigenvalue weighted by atomic mass is 16.3. The number of hydrogen-bond donors (Lipinski definition) is 1. The predicted octanol–water partition coefficient (Wildman–Crippen LogP) is 3.74. The summed E-state index contributed by atoms with van der Waals surface area (Å²) in [4.78, 5) is 2.42. The van der Waals surface area contributed by atoms with Crippen molar-refractivity contribution >= 4 is 5.69 Å². The maximum absolute atomic E-state index is 10.3. The molecule has 0 aromatic heterocycles. The lowest BCUT2D eigenvalue weighted by Gasteiger charge is -2.27. The van der Waals surface area contributed by atoms with Crippen molar-refractivity contribution in [1.82, 2.24) is 0 Å². The first kappa shape index (κ1) is 14.2. The van der Waals surface area contributed by atoms with Crippen LogP contribution in [0.2, 0.25) is 0 Å². The third kappa shape index (κ3) is 2.96. The molecule has 1 atom stereocenters. The SMILES string of the molecule is CCC(O)c1ccccc1N1CCc2ccccc2CC1. The number of rotatable bonds is 3. The average Bonchev–Trinajstić information content (AvgIpc) is 2.77. The molecule has 1 aliphatic rings. The lowest BCUT2D eigenvalue weighted by atomic mass is 10.0. The van der Waals surface area contributed by atoms with Gasteiger partial charge < -0.3 is 10.0 Å². The van der Waals surface area contributed by atoms with Crippen molar-refractivity contribution in [3.63, 3.8) is 0 Å². The molecule has 0 amide bonds. The van der Waals surface area contributed by atoms with Crippen molar-refractivity contribution in [3.05, 3.63) is 65.2 Å². The second-order valence-electron chi connectivity index (χ2n) is 5.74. The summed E-state index contributed by atoms with van der Waals surface area (Å²) in [7, 11) is 0. The molecule has 0 saturated carbocycles. The van der Waals surface area contributed by atoms with E-state index >= 15 is 0 Å². The number of nitrogens with zero attached hydrogens (tertiary/aromatic N) is 1. The van der Waals surface area contributed by atoms with Gasteiger partial charge in [-0.25, -0.2) is 0 Å². The minimum absolute atomic E-state index is 0.369. The van der Waals surface area contributed by atoms with Gasteiger partial charge in [0.25, 0.3) is 0 Å². The fraction of sp³-hybridized carbons (Fsp3) is 0.368. The summed E-state index contributed by atoms with van der Waals surface area (Å²) in [6, 6.07) is 17.0. The third-order valence-electron chi connectivity index (χ3n) is 4.44. The highest BCUT2D eigenvalue weighted by Gasteiger charge is 2.18. The van der Waals surface area contributed by atoms with Crippen molar-refractivity contribution in [3.8, 4) is 0 Å². The molecular weight excluding hydrogens is 258 g/mol. The van der Waals surface area contributed by atoms with Gasteiger partial charge in [-0.05, 0) is 36.5 Å². The molecule has 1 unspecified atom stereocenters. The Morgan fingerprint density at radius 1 is 0.952 bits per heavy atom. The Kier molecular flexibility index (Phi) is 4.26. The van der Waals surface area contributed by atoms with E-state index in [1.807, 2.05) is 13.0 Å². The molecule has 0 fully saturated rings. The molecular formula is C19H23NO. The molecule has 2 nitrogen and oxygen atoms in total. The van der Waals surface area contributed by atoms with Crippen molar-refractivity contribution < 1.29 is 5.11 Å². The van der Waals surface area contributed by atoms with E-state index in [4.69, 9.17) is 0 Å². The summed E-state index contributed by atoms with van der Waals surface area (Å²) < 4.78 is 0. The second kappa shape index (κ2) is 6.31. The summed E-state index contributed by atoms with van der Waals surface area (Å²) in [6.07, 6.45) is 2.54. The van der Waals surface area contributed by atoms with E-state index in [1.54, 1.807) is 0 Å². The molecule has 0 bridgehead atoms. The van der Waals surface area contributed by atoms with Gasteiger partial charge in [0.05, 0.1) is 6.10 Å². The van der Waals surface area contributed by atoms with Crippen LogP contribution < -0.4 is 4.90 Å². The third-order valence-corrected chi connectivity index (χ3v) is 4.44. The Bertz CT molecular complexity index is 581. The van der Waals surface area contributed by atoms with Gasteiger partial charge in [0.2, 0.25) is 0 Å². The van der Waals surface area contributed by atoms with Crippen molar-refractivity contribution in [2.45, 2.75) is 32.3 Å². The van der Waals surface area contributed by atoms with E-state index < -0.39 is 0 Å². The van der Waals surface area contributed by atoms with Gasteiger partial charge in [0.1, 0.15) is 0 Å². The fourth-order valence-electron chi connectivity index (χ4n) is 3.19. The molecule has 1 N–H and O–H groups in total. The summed E-state index contributed by atoms with van der Waals surface area (Å²) in [5, 5.41) is 10.3. The second-order valence-corrected chi connectivity index (χ2v) is 5.74. The molecule has 21 heavy (non-hydrogen) atoms. The molecule has 0 spiro atoms. The predicted molar refractivity (Wildman–Crippen MR) is 87.8 cm³/mol. The molecule has 1 aliphatic heterocycles. The van der Waals surface area contributed by atoms with Crippen LogP contribution >= 0.6 is 0 Å². The van der Waals surface area contributed by atoms with Crippen LogP contribution in [0.5, 0.6) is 0 Å². The largest absolute Gasteiger partial charge is 0.388 e. The number of para-hydroxylation sites is 1. The van der Waals surface area contributed by atoms with Gasteiger partial charge in [-0.1, -0.05) is 49.4 Å². The molecule has 0 saturated heterocycles. The zero-order valence-electron chi connectivity index (χ0n) is 12.6. The summed E-state index contributed by atoms with van der Waals surface area (Å²) in [5.74, 6) is 0. The fourth-order valence-corrected chi connectivity index (χ4v) is 3.19. The quantitative estimate of drug-likeness (QED) is 0.926. The molecule has 3 rings (SSSR count). The van der Waals surface area contributed by atoms with Crippen LogP contribution in [-0.4, -0.2) is 18.2 Å². The molecule has 110 valence electrons. The first-order valence-electron chi connectivity index (χ1n) is 7.88. The Morgan fingerprint density at radius 2 is 1.52 bits per heavy atom. The van der Waals surface area contributed by atoms with Gasteiger partial charge in [-0.15, -0.1) is 0 Å². The van der Waals surface area contributed by atoms with Gasteiger partial charge in [-0.3, -0.25) is 0 Å². The van der Waals surface area contributed by atoms with E-state index in [2.05, 4.69) is 47.4 Å². The van der Waals surface area contributed by atoms with E-state index in [9.17, 15) is 5.11 Å². The summed E-state index contributed by atoms with van der Waals surface area (Å²) >= 11 is 0. The Balaban J connectivity index is 1.86. The van der Waals surface area contributed by atoms with Crippen LogP contribution in [0.1, 0.15) is 36.1 Å². The lowest BCUT2D eigenvalue weighted by Crippen LogP contribution is -2.27. The lowest BCUT2D eigenvalue weighted by molar-refractivity contribution is 0.174. The van der Waals surface area contributed by atoms with Crippen LogP contribution in [0.3, 0.4) is 0 Å². The van der Waals surface area contributed by atoms with Crippen molar-refractivity contribution in [1.29, 1.82) is 0 Å². The Hall–Kier alpha value is -1.80. The number of anilines is 1. The molecule has 1 heterocycles. The summed E-state index contributed by atoms with van der Waals surface area (Å²) in [5.41, 5.74) is 5.19. The van der Waals surface area contributed by atoms with Crippen molar-refractivity contribution in [2.24, 2.45) is 0 Å². The molecule has 2 aromatic rings. The zero-order valence-corrected chi connectivity index (χ0v) is 12.6. The molecule has 0 radical (unpaired) electrons. The topological polar surface area (TPSA) is 23.5 Å². The van der Waals surface area contributed by atoms with Crippen LogP contribution in [-0.2, 0) is 12.8 Å². The maximum atomic E-state index is 10.3. The minimum Gasteiger partial charge on any atom is -0.388 e. The van der Waals surface area contributed by atoms with Gasteiger partial charge in [0, 0.05) is 24.3 Å². The number of benzene rings is 2. The monoisotopic (exact) mass is 281 g/mol. The Labute approximate surface area is 127 Å². The van der Waals surface area contributed by atoms with Gasteiger partial charge in [-0.2, -0.15) is 0 Å². The van der Waals surface area contributed by atoms with E-state index in [1.165, 1.54) is 16.8 Å². The molecule has 2 heteroatoms. The molecule has 0 aliphatic carbocycles. The highest BCUT2D eigenvalue weighted by molar-refractivity contribution is 5.55. The van der Waals surface area contributed by atoms with Crippen LogP contribution in [0, 0.1) is 0 Å². The summed E-state index contributed by atoms with van der Waals surface area (Å²) in [6.45, 7) is 4.06. The standard InChI is InChI=1S/C19H23NO/c1-2-19(21)17-9-5-6-10-18(17)20-13-11-15-7-3-4-8-16(15)12-14-20/h3-10,19,21H,2,11-14H2,1H3. The van der Waals surface area contributed by atoms with Gasteiger partial charge in [0.15, 0.2) is 0 Å². The number of fused-ring (bicyclic) bond motifs is 1. The normalized spacial score (nSPS) is 16.2. The Morgan fingerprint density at radius 3 is 2.14 bits per heavy atom. The smallest absolute Gasteiger partial charge is 0.0807 e. The number of hydrogen-bond acceptors (Lipinski definition) is 2. The first-order valence-corrected chi connectivity index (χ1v) is 7.88. The minimum atomic E-state index is -0.369. The van der Waals surface area contributed by atoms with Crippen LogP contribution in [0.4, 0.5) is 5.69 Å². The highest BCUT2D eigenvalue weighted by Crippen LogP contribution is 2.29. The van der Waals surface area contributed by atoms with E-state index in [0.717, 1.165) is 37.9 Å². The van der Waals surface area contributed by atoms with Gasteiger partial charge >= 0.3 is 0 Å². The van der Waals surface area contributed by atoms with Crippen LogP contribution in [0.15, 0.2) is 48.5 Å². The maximum Gasteiger partial charge on any atom is 0.0807 e. The van der Waals surface area contributed by atoms with E-state index in [0.29, 0.717) is 0 Å². The zero-order chi connectivity index (χ0) is 14.7. The number of aliphatic hydroxyl groups excluding tert-OH is 1. The van der Waals surface area contributed by atoms with Crippen molar-refractivity contribution in [2.75, 3.05) is 18.0 Å². The van der Waals surface area contributed by atoms with E-state index in [-0.39, 0.29) is 6.10 Å². The average molecular weight is 281 g/mol. The molecule has 2 aromatic carbocycles.